The quantitative estimate of drug-likeness (QED) is 0.442. The van der Waals surface area contributed by atoms with E-state index < -0.39 is 0 Å². The van der Waals surface area contributed by atoms with Crippen molar-refractivity contribution in [2.75, 3.05) is 14.2 Å². The minimum Gasteiger partial charge on any atom is -0.489 e. The maximum atomic E-state index is 12.3. The molecule has 0 amide bonds. The molecule has 4 rings (SSSR count). The molecular formula is C23H23N5O4. The molecule has 9 heteroatoms. The molecule has 0 unspecified atom stereocenters. The van der Waals surface area contributed by atoms with Gasteiger partial charge in [-0.25, -0.2) is 4.79 Å². The molecule has 0 saturated heterocycles. The van der Waals surface area contributed by atoms with Gasteiger partial charge in [-0.15, -0.1) is 0 Å². The third kappa shape index (κ3) is 4.04. The molecule has 0 N–H and O–H groups in total. The summed E-state index contributed by atoms with van der Waals surface area (Å²) in [6.07, 6.45) is 0. The van der Waals surface area contributed by atoms with Gasteiger partial charge < -0.3 is 14.2 Å². The number of aromatic nitrogens is 5. The third-order valence-corrected chi connectivity index (χ3v) is 5.10. The number of rotatable bonds is 7. The Morgan fingerprint density at radius 3 is 2.50 bits per heavy atom. The van der Waals surface area contributed by atoms with E-state index in [2.05, 4.69) is 15.4 Å². The first-order chi connectivity index (χ1) is 15.5. The largest absolute Gasteiger partial charge is 0.489 e. The summed E-state index contributed by atoms with van der Waals surface area (Å²) in [5, 5.41) is 7.76. The molecule has 0 aliphatic carbocycles. The number of tetrazole rings is 1. The number of methoxy groups -OCH3 is 2. The second kappa shape index (κ2) is 8.93. The van der Waals surface area contributed by atoms with Crippen LogP contribution in [0.1, 0.15) is 11.1 Å². The molecular weight excluding hydrogens is 410 g/mol. The van der Waals surface area contributed by atoms with Crippen LogP contribution in [0.3, 0.4) is 0 Å². The minimum atomic E-state index is -0.321. The maximum Gasteiger partial charge on any atom is 0.368 e. The average Bonchev–Trinajstić information content (AvgIpc) is 3.15. The van der Waals surface area contributed by atoms with Crippen molar-refractivity contribution in [2.45, 2.75) is 13.5 Å². The van der Waals surface area contributed by atoms with Crippen LogP contribution in [0.4, 0.5) is 0 Å². The summed E-state index contributed by atoms with van der Waals surface area (Å²) in [4.78, 5) is 16.7. The van der Waals surface area contributed by atoms with Gasteiger partial charge in [0.15, 0.2) is 0 Å². The van der Waals surface area contributed by atoms with Crippen molar-refractivity contribution in [3.63, 3.8) is 0 Å². The van der Waals surface area contributed by atoms with Gasteiger partial charge >= 0.3 is 5.69 Å². The van der Waals surface area contributed by atoms with Gasteiger partial charge in [0.05, 0.1) is 19.9 Å². The van der Waals surface area contributed by atoms with Crippen LogP contribution in [0.15, 0.2) is 59.4 Å². The fourth-order valence-electron chi connectivity index (χ4n) is 3.36. The van der Waals surface area contributed by atoms with Gasteiger partial charge in [-0.2, -0.15) is 14.3 Å². The molecule has 2 aromatic heterocycles. The van der Waals surface area contributed by atoms with Crippen molar-refractivity contribution < 1.29 is 14.2 Å². The summed E-state index contributed by atoms with van der Waals surface area (Å²) in [6, 6.07) is 17.0. The average molecular weight is 433 g/mol. The lowest BCUT2D eigenvalue weighted by molar-refractivity contribution is 0.305. The molecule has 0 fully saturated rings. The molecule has 0 radical (unpaired) electrons. The fourth-order valence-corrected chi connectivity index (χ4v) is 3.36. The molecule has 0 spiro atoms. The summed E-state index contributed by atoms with van der Waals surface area (Å²) < 4.78 is 19.2. The SMILES string of the molecule is COc1ccc(-c2cccc(OCc3c(C)cccc3-n3nnn(C)c3=O)c2)c(OC)n1. The van der Waals surface area contributed by atoms with Gasteiger partial charge in [-0.1, -0.05) is 24.3 Å². The summed E-state index contributed by atoms with van der Waals surface area (Å²) in [6.45, 7) is 2.22. The van der Waals surface area contributed by atoms with E-state index in [4.69, 9.17) is 14.2 Å². The van der Waals surface area contributed by atoms with E-state index in [9.17, 15) is 4.79 Å². The van der Waals surface area contributed by atoms with Crippen molar-refractivity contribution >= 4 is 0 Å². The molecule has 164 valence electrons. The van der Waals surface area contributed by atoms with E-state index in [0.29, 0.717) is 23.2 Å². The first-order valence-electron chi connectivity index (χ1n) is 9.92. The molecule has 4 aromatic rings. The molecule has 0 bridgehead atoms. The van der Waals surface area contributed by atoms with Crippen LogP contribution in [0.2, 0.25) is 0 Å². The van der Waals surface area contributed by atoms with E-state index in [1.165, 1.54) is 9.36 Å². The third-order valence-electron chi connectivity index (χ3n) is 5.10. The topological polar surface area (TPSA) is 93.3 Å². The Kier molecular flexibility index (Phi) is 5.89. The van der Waals surface area contributed by atoms with E-state index in [1.54, 1.807) is 27.3 Å². The minimum absolute atomic E-state index is 0.256. The van der Waals surface area contributed by atoms with Crippen LogP contribution >= 0.6 is 0 Å². The molecule has 9 nitrogen and oxygen atoms in total. The van der Waals surface area contributed by atoms with Crippen molar-refractivity contribution in [3.05, 3.63) is 76.2 Å². The zero-order valence-corrected chi connectivity index (χ0v) is 18.3. The first-order valence-corrected chi connectivity index (χ1v) is 9.92. The van der Waals surface area contributed by atoms with Crippen molar-refractivity contribution in [3.8, 4) is 34.3 Å². The Balaban J connectivity index is 1.63. The summed E-state index contributed by atoms with van der Waals surface area (Å²) in [5.74, 6) is 1.61. The maximum absolute atomic E-state index is 12.3. The Bertz CT molecular complexity index is 1310. The smallest absolute Gasteiger partial charge is 0.368 e. The fraction of sp³-hybridized carbons (Fsp3) is 0.217. The number of hydrogen-bond donors (Lipinski definition) is 0. The predicted octanol–water partition coefficient (Wildman–Crippen LogP) is 2.93. The van der Waals surface area contributed by atoms with E-state index >= 15 is 0 Å². The van der Waals surface area contributed by atoms with Crippen LogP contribution in [0.5, 0.6) is 17.5 Å². The van der Waals surface area contributed by atoms with Gasteiger partial charge in [0.25, 0.3) is 0 Å². The van der Waals surface area contributed by atoms with Crippen LogP contribution in [0.25, 0.3) is 16.8 Å². The first kappa shape index (κ1) is 21.1. The molecule has 2 heterocycles. The van der Waals surface area contributed by atoms with Gasteiger partial charge in [0, 0.05) is 24.2 Å². The normalized spacial score (nSPS) is 10.8. The lowest BCUT2D eigenvalue weighted by atomic mass is 10.1. The molecule has 32 heavy (non-hydrogen) atoms. The number of pyridine rings is 1. The zero-order valence-electron chi connectivity index (χ0n) is 18.3. The van der Waals surface area contributed by atoms with Gasteiger partial charge in [0.1, 0.15) is 12.4 Å². The van der Waals surface area contributed by atoms with Crippen molar-refractivity contribution in [2.24, 2.45) is 7.05 Å². The molecule has 0 aliphatic heterocycles. The van der Waals surface area contributed by atoms with E-state index in [1.807, 2.05) is 55.5 Å². The molecule has 0 saturated carbocycles. The van der Waals surface area contributed by atoms with Crippen LogP contribution in [0, 0.1) is 6.92 Å². The van der Waals surface area contributed by atoms with Gasteiger partial charge in [0.2, 0.25) is 11.8 Å². The zero-order chi connectivity index (χ0) is 22.7. The predicted molar refractivity (Wildman–Crippen MR) is 118 cm³/mol. The monoisotopic (exact) mass is 433 g/mol. The lowest BCUT2D eigenvalue weighted by Crippen LogP contribution is -2.23. The highest BCUT2D eigenvalue weighted by Gasteiger charge is 2.14. The second-order valence-corrected chi connectivity index (χ2v) is 7.10. The highest BCUT2D eigenvalue weighted by Crippen LogP contribution is 2.32. The Morgan fingerprint density at radius 2 is 1.78 bits per heavy atom. The summed E-state index contributed by atoms with van der Waals surface area (Å²) in [7, 11) is 4.69. The Hall–Kier alpha value is -4.14. The van der Waals surface area contributed by atoms with Gasteiger partial charge in [-0.3, -0.25) is 0 Å². The van der Waals surface area contributed by atoms with E-state index in [-0.39, 0.29) is 12.3 Å². The van der Waals surface area contributed by atoms with Crippen LogP contribution in [-0.4, -0.2) is 39.0 Å². The number of nitrogens with zero attached hydrogens (tertiary/aromatic N) is 5. The molecule has 0 aliphatic rings. The lowest BCUT2D eigenvalue weighted by Gasteiger charge is -2.14. The van der Waals surface area contributed by atoms with Crippen molar-refractivity contribution in [1.29, 1.82) is 0 Å². The van der Waals surface area contributed by atoms with Crippen molar-refractivity contribution in [1.82, 2.24) is 24.8 Å². The van der Waals surface area contributed by atoms with Crippen LogP contribution in [-0.2, 0) is 13.7 Å². The summed E-state index contributed by atoms with van der Waals surface area (Å²) >= 11 is 0. The second-order valence-electron chi connectivity index (χ2n) is 7.10. The Morgan fingerprint density at radius 1 is 0.969 bits per heavy atom. The number of ether oxygens (including phenoxy) is 3. The number of aryl methyl sites for hydroxylation is 2. The Labute approximate surface area is 184 Å². The highest BCUT2D eigenvalue weighted by molar-refractivity contribution is 5.70. The molecule has 2 aromatic carbocycles. The van der Waals surface area contributed by atoms with Crippen LogP contribution < -0.4 is 19.9 Å². The standard InChI is InChI=1S/C23H23N5O4/c1-15-7-5-10-20(28-23(29)27(2)25-26-28)19(15)14-32-17-9-6-8-16(13-17)18-11-12-21(30-3)24-22(18)31-4/h5-13H,14H2,1-4H3. The highest BCUT2D eigenvalue weighted by atomic mass is 16.5. The number of benzene rings is 2. The number of hydrogen-bond acceptors (Lipinski definition) is 7. The van der Waals surface area contributed by atoms with E-state index in [0.717, 1.165) is 22.3 Å². The molecule has 0 atom stereocenters. The summed E-state index contributed by atoms with van der Waals surface area (Å²) in [5.41, 5.74) is 3.87. The van der Waals surface area contributed by atoms with Gasteiger partial charge in [-0.05, 0) is 52.7 Å².